The van der Waals surface area contributed by atoms with Crippen LogP contribution in [0, 0.1) is 0 Å². The van der Waals surface area contributed by atoms with Gasteiger partial charge in [0.05, 0.1) is 19.3 Å². The second kappa shape index (κ2) is 6.43. The molecule has 1 aromatic carbocycles. The number of aromatic hydroxyl groups is 1. The first-order valence-electron chi connectivity index (χ1n) is 6.59. The number of anilines is 1. The molecule has 1 aliphatic rings. The fraction of sp³-hybridized carbons (Fsp3) is 0.500. The van der Waals surface area contributed by atoms with E-state index in [2.05, 4.69) is 10.6 Å². The quantitative estimate of drug-likeness (QED) is 0.710. The number of hydrogen-bond acceptors (Lipinski definition) is 4. The van der Waals surface area contributed by atoms with E-state index in [-0.39, 0.29) is 18.2 Å². The molecule has 1 amide bonds. The van der Waals surface area contributed by atoms with Crippen LogP contribution < -0.4 is 15.4 Å². The van der Waals surface area contributed by atoms with Crippen molar-refractivity contribution in [2.45, 2.75) is 31.7 Å². The highest BCUT2D eigenvalue weighted by Crippen LogP contribution is 2.27. The number of nitrogens with one attached hydrogen (secondary N) is 2. The number of hydrogen-bond donors (Lipinski definition) is 3. The molecular formula is C14H20N2O3. The van der Waals surface area contributed by atoms with Gasteiger partial charge < -0.3 is 20.5 Å². The van der Waals surface area contributed by atoms with Crippen LogP contribution in [0.2, 0.25) is 0 Å². The molecule has 0 atom stereocenters. The number of ether oxygens (including phenoxy) is 1. The number of benzene rings is 1. The van der Waals surface area contributed by atoms with E-state index in [0.29, 0.717) is 17.5 Å². The lowest BCUT2D eigenvalue weighted by molar-refractivity contribution is -0.115. The summed E-state index contributed by atoms with van der Waals surface area (Å²) in [5.74, 6) is 0.474. The highest BCUT2D eigenvalue weighted by atomic mass is 16.5. The molecule has 5 heteroatoms. The predicted molar refractivity (Wildman–Crippen MR) is 73.5 cm³/mol. The van der Waals surface area contributed by atoms with E-state index in [1.165, 1.54) is 18.9 Å². The topological polar surface area (TPSA) is 70.6 Å². The normalized spacial score (nSPS) is 15.4. The summed E-state index contributed by atoms with van der Waals surface area (Å²) in [6, 6.07) is 5.19. The summed E-state index contributed by atoms with van der Waals surface area (Å²) in [5, 5.41) is 15.6. The third-order valence-electron chi connectivity index (χ3n) is 3.38. The molecule has 1 aliphatic carbocycles. The summed E-state index contributed by atoms with van der Waals surface area (Å²) in [5.41, 5.74) is 0.373. The fourth-order valence-electron chi connectivity index (χ4n) is 2.30. The van der Waals surface area contributed by atoms with E-state index < -0.39 is 0 Å². The van der Waals surface area contributed by atoms with Gasteiger partial charge in [0, 0.05) is 12.1 Å². The maximum Gasteiger partial charge on any atom is 0.238 e. The lowest BCUT2D eigenvalue weighted by Crippen LogP contribution is -2.34. The Bertz CT molecular complexity index is 442. The summed E-state index contributed by atoms with van der Waals surface area (Å²) >= 11 is 0. The first-order valence-corrected chi connectivity index (χ1v) is 6.59. The fourth-order valence-corrected chi connectivity index (χ4v) is 2.30. The van der Waals surface area contributed by atoms with Crippen LogP contribution in [0.15, 0.2) is 18.2 Å². The van der Waals surface area contributed by atoms with Gasteiger partial charge in [-0.2, -0.15) is 0 Å². The monoisotopic (exact) mass is 264 g/mol. The van der Waals surface area contributed by atoms with Gasteiger partial charge in [-0.1, -0.05) is 12.8 Å². The maximum absolute atomic E-state index is 11.8. The Kier molecular flexibility index (Phi) is 4.63. The molecule has 0 unspecified atom stereocenters. The zero-order valence-electron chi connectivity index (χ0n) is 11.1. The Morgan fingerprint density at radius 3 is 2.84 bits per heavy atom. The van der Waals surface area contributed by atoms with Crippen LogP contribution in [0.25, 0.3) is 0 Å². The van der Waals surface area contributed by atoms with Crippen molar-refractivity contribution in [1.29, 1.82) is 0 Å². The van der Waals surface area contributed by atoms with Crippen LogP contribution in [-0.2, 0) is 4.79 Å². The average molecular weight is 264 g/mol. The molecule has 3 N–H and O–H groups in total. The molecule has 0 heterocycles. The number of amides is 1. The number of phenols is 1. The van der Waals surface area contributed by atoms with Crippen LogP contribution in [0.3, 0.4) is 0 Å². The smallest absolute Gasteiger partial charge is 0.238 e. The molecular weight excluding hydrogens is 244 g/mol. The number of phenolic OH excluding ortho intramolecular Hbond substituents is 1. The highest BCUT2D eigenvalue weighted by molar-refractivity contribution is 5.93. The molecule has 0 aromatic heterocycles. The SMILES string of the molecule is COc1ccc(O)c(NC(=O)CNC2CCCC2)c1. The number of rotatable bonds is 5. The molecule has 104 valence electrons. The van der Waals surface area contributed by atoms with Crippen LogP contribution in [0.1, 0.15) is 25.7 Å². The molecule has 5 nitrogen and oxygen atoms in total. The summed E-state index contributed by atoms with van der Waals surface area (Å²) in [7, 11) is 1.54. The van der Waals surface area contributed by atoms with Gasteiger partial charge in [-0.25, -0.2) is 0 Å². The van der Waals surface area contributed by atoms with Crippen molar-refractivity contribution in [3.63, 3.8) is 0 Å². The van der Waals surface area contributed by atoms with Gasteiger partial charge in [0.15, 0.2) is 0 Å². The molecule has 0 saturated heterocycles. The average Bonchev–Trinajstić information content (AvgIpc) is 2.92. The third-order valence-corrected chi connectivity index (χ3v) is 3.38. The van der Waals surface area contributed by atoms with Gasteiger partial charge in [-0.05, 0) is 25.0 Å². The molecule has 1 saturated carbocycles. The molecule has 0 bridgehead atoms. The summed E-state index contributed by atoms with van der Waals surface area (Å²) in [6.07, 6.45) is 4.74. The minimum absolute atomic E-state index is 0.0371. The van der Waals surface area contributed by atoms with Crippen molar-refractivity contribution >= 4 is 11.6 Å². The second-order valence-corrected chi connectivity index (χ2v) is 4.79. The Labute approximate surface area is 113 Å². The molecule has 2 rings (SSSR count). The van der Waals surface area contributed by atoms with Crippen LogP contribution in [0.4, 0.5) is 5.69 Å². The van der Waals surface area contributed by atoms with Gasteiger partial charge in [-0.15, -0.1) is 0 Å². The molecule has 19 heavy (non-hydrogen) atoms. The van der Waals surface area contributed by atoms with Crippen molar-refractivity contribution in [2.24, 2.45) is 0 Å². The van der Waals surface area contributed by atoms with E-state index >= 15 is 0 Å². The molecule has 0 radical (unpaired) electrons. The molecule has 0 spiro atoms. The van der Waals surface area contributed by atoms with Gasteiger partial charge in [0.25, 0.3) is 0 Å². The van der Waals surface area contributed by atoms with Crippen molar-refractivity contribution in [3.8, 4) is 11.5 Å². The zero-order chi connectivity index (χ0) is 13.7. The van der Waals surface area contributed by atoms with Crippen molar-refractivity contribution in [3.05, 3.63) is 18.2 Å². The lowest BCUT2D eigenvalue weighted by Gasteiger charge is -2.12. The Balaban J connectivity index is 1.87. The van der Waals surface area contributed by atoms with Crippen LogP contribution >= 0.6 is 0 Å². The molecule has 1 fully saturated rings. The Hall–Kier alpha value is -1.75. The number of methoxy groups -OCH3 is 1. The lowest BCUT2D eigenvalue weighted by atomic mass is 10.2. The van der Waals surface area contributed by atoms with Gasteiger partial charge >= 0.3 is 0 Å². The molecule has 1 aromatic rings. The van der Waals surface area contributed by atoms with Gasteiger partial charge in [-0.3, -0.25) is 4.79 Å². The van der Waals surface area contributed by atoms with Crippen molar-refractivity contribution in [2.75, 3.05) is 19.0 Å². The second-order valence-electron chi connectivity index (χ2n) is 4.79. The Morgan fingerprint density at radius 2 is 2.16 bits per heavy atom. The van der Waals surface area contributed by atoms with Gasteiger partial charge in [0.2, 0.25) is 5.91 Å². The van der Waals surface area contributed by atoms with E-state index in [9.17, 15) is 9.90 Å². The van der Waals surface area contributed by atoms with Crippen LogP contribution in [0.5, 0.6) is 11.5 Å². The van der Waals surface area contributed by atoms with Gasteiger partial charge in [0.1, 0.15) is 11.5 Å². The summed E-state index contributed by atoms with van der Waals surface area (Å²) < 4.78 is 5.05. The largest absolute Gasteiger partial charge is 0.506 e. The minimum atomic E-state index is -0.157. The van der Waals surface area contributed by atoms with E-state index in [0.717, 1.165) is 12.8 Å². The minimum Gasteiger partial charge on any atom is -0.506 e. The number of carbonyl (C=O) groups excluding carboxylic acids is 1. The molecule has 0 aliphatic heterocycles. The van der Waals surface area contributed by atoms with E-state index in [1.807, 2.05) is 0 Å². The zero-order valence-corrected chi connectivity index (χ0v) is 11.1. The van der Waals surface area contributed by atoms with E-state index in [1.54, 1.807) is 19.2 Å². The summed E-state index contributed by atoms with van der Waals surface area (Å²) in [6.45, 7) is 0.265. The number of carbonyl (C=O) groups is 1. The maximum atomic E-state index is 11.8. The van der Waals surface area contributed by atoms with Crippen molar-refractivity contribution in [1.82, 2.24) is 5.32 Å². The third kappa shape index (κ3) is 3.86. The standard InChI is InChI=1S/C14H20N2O3/c1-19-11-6-7-13(17)12(8-11)16-14(18)9-15-10-4-2-3-5-10/h6-8,10,15,17H,2-5,9H2,1H3,(H,16,18). The van der Waals surface area contributed by atoms with Crippen molar-refractivity contribution < 1.29 is 14.6 Å². The van der Waals surface area contributed by atoms with Crippen LogP contribution in [-0.4, -0.2) is 30.7 Å². The first-order chi connectivity index (χ1) is 9.19. The summed E-state index contributed by atoms with van der Waals surface area (Å²) in [4.78, 5) is 11.8. The highest BCUT2D eigenvalue weighted by Gasteiger charge is 2.15. The first kappa shape index (κ1) is 13.7. The van der Waals surface area contributed by atoms with E-state index in [4.69, 9.17) is 4.74 Å². The predicted octanol–water partition coefficient (Wildman–Crippen LogP) is 1.87. The Morgan fingerprint density at radius 1 is 1.42 bits per heavy atom.